The molecule has 1 heterocycles. The summed E-state index contributed by atoms with van der Waals surface area (Å²) in [7, 11) is 0. The molecule has 0 aliphatic rings. The Morgan fingerprint density at radius 2 is 1.95 bits per heavy atom. The molecule has 0 atom stereocenters. The van der Waals surface area contributed by atoms with Crippen LogP contribution in [0.5, 0.6) is 0 Å². The molecular weight excluding hydrogens is 248 g/mol. The molecule has 6 nitrogen and oxygen atoms in total. The first-order valence-corrected chi connectivity index (χ1v) is 5.88. The smallest absolute Gasteiger partial charge is 0.407 e. The zero-order chi connectivity index (χ0) is 14.6. The Bertz CT molecular complexity index is 540. The number of aromatic nitrogens is 1. The predicted molar refractivity (Wildman–Crippen MR) is 70.1 cm³/mol. The number of amides is 1. The molecule has 0 radical (unpaired) electrons. The predicted octanol–water partition coefficient (Wildman–Crippen LogP) is 1.60. The van der Waals surface area contributed by atoms with Crippen molar-refractivity contribution in [3.63, 3.8) is 0 Å². The molecule has 104 valence electrons. The van der Waals surface area contributed by atoms with Gasteiger partial charge in [0.05, 0.1) is 12.1 Å². The Morgan fingerprint density at radius 1 is 1.32 bits per heavy atom. The van der Waals surface area contributed by atoms with Crippen LogP contribution in [0.4, 0.5) is 4.79 Å². The Morgan fingerprint density at radius 3 is 2.47 bits per heavy atom. The van der Waals surface area contributed by atoms with E-state index < -0.39 is 11.7 Å². The summed E-state index contributed by atoms with van der Waals surface area (Å²) >= 11 is 0. The summed E-state index contributed by atoms with van der Waals surface area (Å²) in [4.78, 5) is 37.2. The van der Waals surface area contributed by atoms with Crippen molar-refractivity contribution in [2.45, 2.75) is 39.8 Å². The van der Waals surface area contributed by atoms with Crippen molar-refractivity contribution in [1.29, 1.82) is 0 Å². The van der Waals surface area contributed by atoms with E-state index in [1.807, 2.05) is 0 Å². The average Bonchev–Trinajstić information content (AvgIpc) is 2.24. The second-order valence-corrected chi connectivity index (χ2v) is 5.14. The van der Waals surface area contributed by atoms with Crippen LogP contribution in [0, 0.1) is 0 Å². The third-order valence-electron chi connectivity index (χ3n) is 2.22. The minimum absolute atomic E-state index is 0.00532. The van der Waals surface area contributed by atoms with Crippen LogP contribution in [-0.2, 0) is 11.3 Å². The molecule has 0 saturated heterocycles. The normalized spacial score (nSPS) is 10.9. The molecule has 1 aromatic rings. The molecule has 0 aromatic carbocycles. The molecule has 2 N–H and O–H groups in total. The van der Waals surface area contributed by atoms with Crippen molar-refractivity contribution in [1.82, 2.24) is 10.3 Å². The van der Waals surface area contributed by atoms with Gasteiger partial charge in [-0.15, -0.1) is 0 Å². The van der Waals surface area contributed by atoms with E-state index in [1.54, 1.807) is 20.8 Å². The Labute approximate surface area is 111 Å². The summed E-state index contributed by atoms with van der Waals surface area (Å²) in [6.07, 6.45) is 2.19. The third-order valence-corrected chi connectivity index (χ3v) is 2.22. The number of hydrogen-bond acceptors (Lipinski definition) is 4. The summed E-state index contributed by atoms with van der Waals surface area (Å²) in [5.74, 6) is -0.319. The number of nitrogens with one attached hydrogen (secondary N) is 2. The number of H-pyrrole nitrogens is 1. The van der Waals surface area contributed by atoms with Gasteiger partial charge >= 0.3 is 6.09 Å². The van der Waals surface area contributed by atoms with Crippen molar-refractivity contribution in [3.8, 4) is 0 Å². The van der Waals surface area contributed by atoms with Crippen molar-refractivity contribution < 1.29 is 14.3 Å². The van der Waals surface area contributed by atoms with E-state index in [4.69, 9.17) is 4.74 Å². The van der Waals surface area contributed by atoms with Gasteiger partial charge in [-0.2, -0.15) is 0 Å². The largest absolute Gasteiger partial charge is 0.444 e. The molecule has 0 aliphatic heterocycles. The summed E-state index contributed by atoms with van der Waals surface area (Å²) in [5, 5.41) is 2.47. The SMILES string of the molecule is CC(=O)c1c[nH]cc(CNC(=O)OC(C)(C)C)c1=O. The Hall–Kier alpha value is -2.11. The first kappa shape index (κ1) is 14.9. The third kappa shape index (κ3) is 4.57. The van der Waals surface area contributed by atoms with E-state index >= 15 is 0 Å². The number of ether oxygens (including phenoxy) is 1. The molecule has 6 heteroatoms. The average molecular weight is 266 g/mol. The van der Waals surface area contributed by atoms with Crippen molar-refractivity contribution in [3.05, 3.63) is 33.7 Å². The lowest BCUT2D eigenvalue weighted by molar-refractivity contribution is 0.0523. The number of hydrogen-bond donors (Lipinski definition) is 2. The zero-order valence-corrected chi connectivity index (χ0v) is 11.5. The van der Waals surface area contributed by atoms with E-state index in [1.165, 1.54) is 19.3 Å². The van der Waals surface area contributed by atoms with Crippen LogP contribution in [-0.4, -0.2) is 22.5 Å². The van der Waals surface area contributed by atoms with Crippen LogP contribution in [0.3, 0.4) is 0 Å². The molecule has 1 amide bonds. The summed E-state index contributed by atoms with van der Waals surface area (Å²) in [5.41, 5.74) is -0.609. The van der Waals surface area contributed by atoms with Gasteiger partial charge in [-0.05, 0) is 27.7 Å². The number of Topliss-reactive ketones (excluding diaryl/α,β-unsaturated/α-hetero) is 1. The van der Waals surface area contributed by atoms with Crippen LogP contribution in [0.15, 0.2) is 17.2 Å². The van der Waals surface area contributed by atoms with Crippen LogP contribution < -0.4 is 10.7 Å². The van der Waals surface area contributed by atoms with Gasteiger partial charge in [-0.3, -0.25) is 9.59 Å². The van der Waals surface area contributed by atoms with Crippen LogP contribution in [0.1, 0.15) is 43.6 Å². The molecule has 19 heavy (non-hydrogen) atoms. The molecule has 0 fully saturated rings. The summed E-state index contributed by atoms with van der Waals surface area (Å²) in [6, 6.07) is 0. The molecule has 0 spiro atoms. The van der Waals surface area contributed by atoms with Gasteiger partial charge in [0.1, 0.15) is 5.60 Å². The minimum Gasteiger partial charge on any atom is -0.444 e. The monoisotopic (exact) mass is 266 g/mol. The number of ketones is 1. The van der Waals surface area contributed by atoms with Crippen molar-refractivity contribution in [2.24, 2.45) is 0 Å². The fourth-order valence-corrected chi connectivity index (χ4v) is 1.40. The van der Waals surface area contributed by atoms with Gasteiger partial charge in [0.2, 0.25) is 0 Å². The highest BCUT2D eigenvalue weighted by Crippen LogP contribution is 2.06. The molecule has 0 unspecified atom stereocenters. The van der Waals surface area contributed by atoms with E-state index in [2.05, 4.69) is 10.3 Å². The standard InChI is InChI=1S/C13H18N2O4/c1-8(16)10-7-14-5-9(11(10)17)6-15-12(18)19-13(2,3)4/h5,7H,6H2,1-4H3,(H,14,17)(H,15,18). The second-order valence-electron chi connectivity index (χ2n) is 5.14. The molecule has 1 rings (SSSR count). The fraction of sp³-hybridized carbons (Fsp3) is 0.462. The highest BCUT2D eigenvalue weighted by atomic mass is 16.6. The second kappa shape index (κ2) is 5.69. The maximum atomic E-state index is 11.9. The van der Waals surface area contributed by atoms with Gasteiger partial charge < -0.3 is 15.0 Å². The Kier molecular flexibility index (Phi) is 4.47. The molecule has 1 aromatic heterocycles. The van der Waals surface area contributed by atoms with Gasteiger partial charge in [-0.25, -0.2) is 4.79 Å². The first-order chi connectivity index (χ1) is 8.70. The Balaban J connectivity index is 2.74. The highest BCUT2D eigenvalue weighted by molar-refractivity contribution is 5.93. The van der Waals surface area contributed by atoms with Gasteiger partial charge in [0.15, 0.2) is 11.2 Å². The van der Waals surface area contributed by atoms with Gasteiger partial charge in [-0.1, -0.05) is 0 Å². The lowest BCUT2D eigenvalue weighted by Gasteiger charge is -2.19. The number of rotatable bonds is 3. The van der Waals surface area contributed by atoms with Crippen molar-refractivity contribution in [2.75, 3.05) is 0 Å². The topological polar surface area (TPSA) is 88.3 Å². The maximum Gasteiger partial charge on any atom is 0.407 e. The highest BCUT2D eigenvalue weighted by Gasteiger charge is 2.16. The molecule has 0 saturated carbocycles. The quantitative estimate of drug-likeness (QED) is 0.813. The van der Waals surface area contributed by atoms with Crippen LogP contribution in [0.2, 0.25) is 0 Å². The summed E-state index contributed by atoms with van der Waals surface area (Å²) < 4.78 is 5.05. The number of carbonyl (C=O) groups is 2. The number of carbonyl (C=O) groups excluding carboxylic acids is 2. The maximum absolute atomic E-state index is 11.9. The minimum atomic E-state index is -0.611. The first-order valence-electron chi connectivity index (χ1n) is 5.88. The number of alkyl carbamates (subject to hydrolysis) is 1. The van der Waals surface area contributed by atoms with Crippen LogP contribution >= 0.6 is 0 Å². The van der Waals surface area contributed by atoms with E-state index in [0.717, 1.165) is 0 Å². The molecule has 0 aliphatic carbocycles. The van der Waals surface area contributed by atoms with Crippen molar-refractivity contribution >= 4 is 11.9 Å². The van der Waals surface area contributed by atoms with E-state index in [0.29, 0.717) is 5.56 Å². The van der Waals surface area contributed by atoms with E-state index in [-0.39, 0.29) is 23.3 Å². The van der Waals surface area contributed by atoms with Gasteiger partial charge in [0, 0.05) is 18.0 Å². The van der Waals surface area contributed by atoms with E-state index in [9.17, 15) is 14.4 Å². The lowest BCUT2D eigenvalue weighted by atomic mass is 10.1. The number of aromatic amines is 1. The van der Waals surface area contributed by atoms with Gasteiger partial charge in [0.25, 0.3) is 0 Å². The summed E-state index contributed by atoms with van der Waals surface area (Å²) in [6.45, 7) is 6.56. The molecule has 0 bridgehead atoms. The molecular formula is C13H18N2O4. The number of pyridine rings is 1. The lowest BCUT2D eigenvalue weighted by Crippen LogP contribution is -2.33. The fourth-order valence-electron chi connectivity index (χ4n) is 1.40. The zero-order valence-electron chi connectivity index (χ0n) is 11.5. The van der Waals surface area contributed by atoms with Crippen LogP contribution in [0.25, 0.3) is 0 Å².